The van der Waals surface area contributed by atoms with Crippen LogP contribution < -0.4 is 0 Å². The fourth-order valence-electron chi connectivity index (χ4n) is 2.21. The average Bonchev–Trinajstić information content (AvgIpc) is 2.84. The second-order valence-electron chi connectivity index (χ2n) is 4.67. The minimum atomic E-state index is -0.342. The Balaban J connectivity index is 1.84. The van der Waals surface area contributed by atoms with Gasteiger partial charge >= 0.3 is 0 Å². The second-order valence-corrected chi connectivity index (χ2v) is 6.36. The van der Waals surface area contributed by atoms with Gasteiger partial charge < -0.3 is 0 Å². The summed E-state index contributed by atoms with van der Waals surface area (Å²) < 4.78 is 13.1. The maximum Gasteiger partial charge on any atom is 0.147 e. The fraction of sp³-hybridized carbons (Fsp3) is 0.500. The van der Waals surface area contributed by atoms with E-state index in [1.807, 2.05) is 0 Å². The monoisotopic (exact) mass is 286 g/mol. The van der Waals surface area contributed by atoms with Gasteiger partial charge in [-0.1, -0.05) is 24.4 Å². The normalized spacial score (nSPS) is 16.1. The molecule has 0 radical (unpaired) electrons. The molecule has 1 nitrogen and oxygen atoms in total. The van der Waals surface area contributed by atoms with Crippen molar-refractivity contribution in [3.8, 4) is 0 Å². The van der Waals surface area contributed by atoms with Crippen LogP contribution in [0.2, 0.25) is 5.02 Å². The van der Waals surface area contributed by atoms with Gasteiger partial charge in [0.1, 0.15) is 11.6 Å². The first kappa shape index (κ1) is 13.9. The van der Waals surface area contributed by atoms with Gasteiger partial charge in [-0.3, -0.25) is 4.79 Å². The van der Waals surface area contributed by atoms with Crippen LogP contribution in [-0.2, 0) is 11.2 Å². The van der Waals surface area contributed by atoms with Gasteiger partial charge in [-0.25, -0.2) is 4.39 Å². The van der Waals surface area contributed by atoms with Gasteiger partial charge in [0, 0.05) is 16.7 Å². The predicted octanol–water partition coefficient (Wildman–Crippen LogP) is 4.27. The van der Waals surface area contributed by atoms with E-state index in [1.165, 1.54) is 43.9 Å². The zero-order valence-corrected chi connectivity index (χ0v) is 11.7. The maximum atomic E-state index is 13.1. The number of carbonyl (C=O) groups excluding carboxylic acids is 1. The van der Waals surface area contributed by atoms with Crippen molar-refractivity contribution in [2.24, 2.45) is 0 Å². The fourth-order valence-corrected chi connectivity index (χ4v) is 3.58. The second kappa shape index (κ2) is 6.58. The number of halogens is 2. The molecule has 18 heavy (non-hydrogen) atoms. The molecule has 2 rings (SSSR count). The highest BCUT2D eigenvalue weighted by Crippen LogP contribution is 2.29. The van der Waals surface area contributed by atoms with Crippen LogP contribution >= 0.6 is 23.4 Å². The third-order valence-electron chi connectivity index (χ3n) is 3.18. The molecule has 0 spiro atoms. The lowest BCUT2D eigenvalue weighted by Gasteiger charge is -2.08. The number of Topliss-reactive ketones (excluding diaryl/α,β-unsaturated/α-hetero) is 1. The van der Waals surface area contributed by atoms with Gasteiger partial charge in [-0.2, -0.15) is 11.8 Å². The van der Waals surface area contributed by atoms with Crippen LogP contribution in [0, 0.1) is 5.82 Å². The van der Waals surface area contributed by atoms with Crippen LogP contribution in [0.1, 0.15) is 31.2 Å². The minimum Gasteiger partial charge on any atom is -0.298 e. The zero-order chi connectivity index (χ0) is 13.0. The molecule has 4 heteroatoms. The molecular formula is C14H16ClFOS. The van der Waals surface area contributed by atoms with Crippen molar-refractivity contribution in [1.82, 2.24) is 0 Å². The lowest BCUT2D eigenvalue weighted by atomic mass is 10.1. The Morgan fingerprint density at radius 3 is 2.83 bits per heavy atom. The molecule has 0 saturated heterocycles. The SMILES string of the molecule is O=C(CSC1CCCC1)Cc1cc(F)ccc1Cl. The Hall–Kier alpha value is -0.540. The lowest BCUT2D eigenvalue weighted by molar-refractivity contribution is -0.116. The van der Waals surface area contributed by atoms with E-state index >= 15 is 0 Å². The molecule has 1 aliphatic carbocycles. The van der Waals surface area contributed by atoms with Gasteiger partial charge in [0.25, 0.3) is 0 Å². The Morgan fingerprint density at radius 1 is 1.39 bits per heavy atom. The maximum absolute atomic E-state index is 13.1. The van der Waals surface area contributed by atoms with Gasteiger partial charge in [-0.15, -0.1) is 0 Å². The van der Waals surface area contributed by atoms with E-state index in [0.29, 0.717) is 21.6 Å². The molecule has 1 fully saturated rings. The number of carbonyl (C=O) groups is 1. The number of hydrogen-bond acceptors (Lipinski definition) is 2. The van der Waals surface area contributed by atoms with Crippen molar-refractivity contribution in [2.75, 3.05) is 5.75 Å². The molecule has 1 aromatic carbocycles. The third-order valence-corrected chi connectivity index (χ3v) is 4.98. The highest BCUT2D eigenvalue weighted by atomic mass is 35.5. The number of rotatable bonds is 5. The van der Waals surface area contributed by atoms with Crippen LogP contribution in [0.25, 0.3) is 0 Å². The number of ketones is 1. The Bertz CT molecular complexity index is 430. The molecule has 0 bridgehead atoms. The van der Waals surface area contributed by atoms with Crippen molar-refractivity contribution in [3.63, 3.8) is 0 Å². The predicted molar refractivity (Wildman–Crippen MR) is 74.8 cm³/mol. The van der Waals surface area contributed by atoms with Gasteiger partial charge in [0.15, 0.2) is 0 Å². The summed E-state index contributed by atoms with van der Waals surface area (Å²) in [4.78, 5) is 11.8. The van der Waals surface area contributed by atoms with Crippen LogP contribution in [-0.4, -0.2) is 16.8 Å². The zero-order valence-electron chi connectivity index (χ0n) is 10.1. The molecule has 1 aliphatic rings. The van der Waals surface area contributed by atoms with Gasteiger partial charge in [0.2, 0.25) is 0 Å². The Labute approximate surface area is 116 Å². The van der Waals surface area contributed by atoms with E-state index in [9.17, 15) is 9.18 Å². The first-order chi connectivity index (χ1) is 8.65. The van der Waals surface area contributed by atoms with E-state index in [0.717, 1.165) is 0 Å². The molecule has 0 unspecified atom stereocenters. The summed E-state index contributed by atoms with van der Waals surface area (Å²) in [5, 5.41) is 1.10. The third kappa shape index (κ3) is 3.99. The van der Waals surface area contributed by atoms with Crippen molar-refractivity contribution in [1.29, 1.82) is 0 Å². The lowest BCUT2D eigenvalue weighted by Crippen LogP contribution is -2.09. The Kier molecular flexibility index (Phi) is 5.07. The van der Waals surface area contributed by atoms with Gasteiger partial charge in [0.05, 0.1) is 5.75 Å². The molecule has 0 atom stereocenters. The molecule has 0 heterocycles. The number of hydrogen-bond donors (Lipinski definition) is 0. The summed E-state index contributed by atoms with van der Waals surface area (Å²) in [6.07, 6.45) is 5.23. The van der Waals surface area contributed by atoms with Crippen LogP contribution in [0.4, 0.5) is 4.39 Å². The van der Waals surface area contributed by atoms with Crippen molar-refractivity contribution >= 4 is 29.1 Å². The first-order valence-corrected chi connectivity index (χ1v) is 7.65. The molecule has 0 aromatic heterocycles. The van der Waals surface area contributed by atoms with E-state index < -0.39 is 0 Å². The summed E-state index contributed by atoms with van der Waals surface area (Å²) in [5.41, 5.74) is 0.591. The molecule has 0 amide bonds. The average molecular weight is 287 g/mol. The first-order valence-electron chi connectivity index (χ1n) is 6.22. The molecule has 98 valence electrons. The quantitative estimate of drug-likeness (QED) is 0.804. The van der Waals surface area contributed by atoms with Crippen LogP contribution in [0.5, 0.6) is 0 Å². The molecular weight excluding hydrogens is 271 g/mol. The summed E-state index contributed by atoms with van der Waals surface area (Å²) in [5.74, 6) is 0.294. The van der Waals surface area contributed by atoms with Crippen molar-refractivity contribution < 1.29 is 9.18 Å². The Morgan fingerprint density at radius 2 is 2.11 bits per heavy atom. The highest BCUT2D eigenvalue weighted by molar-refractivity contribution is 8.00. The standard InChI is InChI=1S/C14H16ClFOS/c15-14-6-5-11(16)7-10(14)8-12(17)9-18-13-3-1-2-4-13/h5-7,13H,1-4,8-9H2. The van der Waals surface area contributed by atoms with Crippen molar-refractivity contribution in [2.45, 2.75) is 37.4 Å². The van der Waals surface area contributed by atoms with Crippen molar-refractivity contribution in [3.05, 3.63) is 34.6 Å². The van der Waals surface area contributed by atoms with E-state index in [1.54, 1.807) is 11.8 Å². The molecule has 1 saturated carbocycles. The van der Waals surface area contributed by atoms with E-state index in [-0.39, 0.29) is 18.0 Å². The molecule has 1 aromatic rings. The minimum absolute atomic E-state index is 0.124. The van der Waals surface area contributed by atoms with E-state index in [2.05, 4.69) is 0 Å². The van der Waals surface area contributed by atoms with E-state index in [4.69, 9.17) is 11.6 Å². The highest BCUT2D eigenvalue weighted by Gasteiger charge is 2.17. The molecule has 0 N–H and O–H groups in total. The summed E-state index contributed by atoms with van der Waals surface area (Å²) in [6.45, 7) is 0. The summed E-state index contributed by atoms with van der Waals surface area (Å²) in [6, 6.07) is 4.16. The number of thioether (sulfide) groups is 1. The topological polar surface area (TPSA) is 17.1 Å². The van der Waals surface area contributed by atoms with Crippen LogP contribution in [0.3, 0.4) is 0 Å². The number of benzene rings is 1. The largest absolute Gasteiger partial charge is 0.298 e. The van der Waals surface area contributed by atoms with Crippen LogP contribution in [0.15, 0.2) is 18.2 Å². The summed E-state index contributed by atoms with van der Waals surface area (Å²) >= 11 is 7.68. The summed E-state index contributed by atoms with van der Waals surface area (Å²) in [7, 11) is 0. The molecule has 0 aliphatic heterocycles. The van der Waals surface area contributed by atoms with Gasteiger partial charge in [-0.05, 0) is 36.6 Å². The smallest absolute Gasteiger partial charge is 0.147 e.